The summed E-state index contributed by atoms with van der Waals surface area (Å²) in [7, 11) is 0. The van der Waals surface area contributed by atoms with E-state index in [4.69, 9.17) is 10.00 Å². The van der Waals surface area contributed by atoms with Crippen LogP contribution in [0.15, 0.2) is 56.7 Å². The van der Waals surface area contributed by atoms with Crippen LogP contribution >= 0.6 is 27.7 Å². The minimum atomic E-state index is -0.315. The number of rotatable bonds is 4. The van der Waals surface area contributed by atoms with Crippen molar-refractivity contribution >= 4 is 33.7 Å². The van der Waals surface area contributed by atoms with Crippen molar-refractivity contribution in [3.63, 3.8) is 0 Å². The van der Waals surface area contributed by atoms with Crippen LogP contribution in [0.5, 0.6) is 0 Å². The van der Waals surface area contributed by atoms with E-state index in [2.05, 4.69) is 22.0 Å². The SMILES string of the molecule is CCOC(=O)c1ccc(Sc2ccc(Br)c(C#N)c2)cc1. The predicted molar refractivity (Wildman–Crippen MR) is 85.4 cm³/mol. The van der Waals surface area contributed by atoms with Gasteiger partial charge in [-0.05, 0) is 65.3 Å². The van der Waals surface area contributed by atoms with E-state index < -0.39 is 0 Å². The molecule has 0 saturated heterocycles. The summed E-state index contributed by atoms with van der Waals surface area (Å²) >= 11 is 4.87. The minimum absolute atomic E-state index is 0.315. The first kappa shape index (κ1) is 15.6. The highest BCUT2D eigenvalue weighted by Gasteiger charge is 2.07. The van der Waals surface area contributed by atoms with Gasteiger partial charge in [0.25, 0.3) is 0 Å². The van der Waals surface area contributed by atoms with E-state index in [1.165, 1.54) is 11.8 Å². The van der Waals surface area contributed by atoms with E-state index in [1.807, 2.05) is 30.3 Å². The molecule has 21 heavy (non-hydrogen) atoms. The first-order valence-electron chi connectivity index (χ1n) is 6.28. The highest BCUT2D eigenvalue weighted by atomic mass is 79.9. The second-order valence-corrected chi connectivity index (χ2v) is 6.10. The fourth-order valence-corrected chi connectivity index (χ4v) is 2.86. The van der Waals surface area contributed by atoms with Crippen molar-refractivity contribution in [1.82, 2.24) is 0 Å². The monoisotopic (exact) mass is 361 g/mol. The molecule has 0 radical (unpaired) electrons. The third-order valence-electron chi connectivity index (χ3n) is 2.66. The molecule has 0 spiro atoms. The molecule has 5 heteroatoms. The number of ether oxygens (including phenoxy) is 1. The van der Waals surface area contributed by atoms with E-state index in [0.29, 0.717) is 17.7 Å². The first-order chi connectivity index (χ1) is 10.1. The smallest absolute Gasteiger partial charge is 0.338 e. The highest BCUT2D eigenvalue weighted by molar-refractivity contribution is 9.10. The van der Waals surface area contributed by atoms with Crippen molar-refractivity contribution in [1.29, 1.82) is 5.26 Å². The Kier molecular flexibility index (Phi) is 5.43. The molecule has 3 nitrogen and oxygen atoms in total. The van der Waals surface area contributed by atoms with Crippen LogP contribution in [-0.2, 0) is 4.74 Å². The lowest BCUT2D eigenvalue weighted by Crippen LogP contribution is -2.03. The zero-order valence-corrected chi connectivity index (χ0v) is 13.7. The van der Waals surface area contributed by atoms with Crippen LogP contribution in [0.25, 0.3) is 0 Å². The van der Waals surface area contributed by atoms with Crippen molar-refractivity contribution in [2.24, 2.45) is 0 Å². The average molecular weight is 362 g/mol. The zero-order valence-electron chi connectivity index (χ0n) is 11.3. The maximum atomic E-state index is 11.6. The lowest BCUT2D eigenvalue weighted by Gasteiger charge is -2.05. The van der Waals surface area contributed by atoms with E-state index >= 15 is 0 Å². The third-order valence-corrected chi connectivity index (χ3v) is 4.35. The molecular weight excluding hydrogens is 350 g/mol. The Morgan fingerprint density at radius 1 is 1.24 bits per heavy atom. The second-order valence-electron chi connectivity index (χ2n) is 4.10. The maximum absolute atomic E-state index is 11.6. The molecule has 0 aliphatic heterocycles. The quantitative estimate of drug-likeness (QED) is 0.743. The van der Waals surface area contributed by atoms with Crippen molar-refractivity contribution in [2.75, 3.05) is 6.61 Å². The fourth-order valence-electron chi connectivity index (χ4n) is 1.66. The standard InChI is InChI=1S/C16H12BrNO2S/c1-2-20-16(19)11-3-5-13(6-4-11)21-14-7-8-15(17)12(9-14)10-18/h3-9H,2H2,1H3. The van der Waals surface area contributed by atoms with Gasteiger partial charge in [0.1, 0.15) is 6.07 Å². The summed E-state index contributed by atoms with van der Waals surface area (Å²) in [5.41, 5.74) is 1.14. The topological polar surface area (TPSA) is 50.1 Å². The number of hydrogen-bond acceptors (Lipinski definition) is 4. The molecule has 0 atom stereocenters. The van der Waals surface area contributed by atoms with Gasteiger partial charge in [-0.1, -0.05) is 11.8 Å². The molecule has 0 aliphatic carbocycles. The van der Waals surface area contributed by atoms with Gasteiger partial charge in [0.2, 0.25) is 0 Å². The summed E-state index contributed by atoms with van der Waals surface area (Å²) < 4.78 is 5.73. The summed E-state index contributed by atoms with van der Waals surface area (Å²) in [6.07, 6.45) is 0. The molecule has 2 aromatic carbocycles. The van der Waals surface area contributed by atoms with Crippen LogP contribution in [0.1, 0.15) is 22.8 Å². The molecular formula is C16H12BrNO2S. The van der Waals surface area contributed by atoms with Crippen molar-refractivity contribution in [3.8, 4) is 6.07 Å². The van der Waals surface area contributed by atoms with Gasteiger partial charge in [-0.25, -0.2) is 4.79 Å². The molecule has 0 bridgehead atoms. The minimum Gasteiger partial charge on any atom is -0.462 e. The number of hydrogen-bond donors (Lipinski definition) is 0. The van der Waals surface area contributed by atoms with E-state index in [1.54, 1.807) is 19.1 Å². The molecule has 0 N–H and O–H groups in total. The molecule has 0 amide bonds. The molecule has 0 aliphatic rings. The zero-order chi connectivity index (χ0) is 15.2. The van der Waals surface area contributed by atoms with Crippen LogP contribution in [-0.4, -0.2) is 12.6 Å². The lowest BCUT2D eigenvalue weighted by atomic mass is 10.2. The lowest BCUT2D eigenvalue weighted by molar-refractivity contribution is 0.0526. The number of nitriles is 1. The molecule has 106 valence electrons. The maximum Gasteiger partial charge on any atom is 0.338 e. The fraction of sp³-hybridized carbons (Fsp3) is 0.125. The van der Waals surface area contributed by atoms with Crippen LogP contribution in [0, 0.1) is 11.3 Å². The van der Waals surface area contributed by atoms with Gasteiger partial charge in [0.15, 0.2) is 0 Å². The van der Waals surface area contributed by atoms with Gasteiger partial charge in [-0.15, -0.1) is 0 Å². The Morgan fingerprint density at radius 2 is 1.90 bits per heavy atom. The van der Waals surface area contributed by atoms with Gasteiger partial charge >= 0.3 is 5.97 Å². The summed E-state index contributed by atoms with van der Waals surface area (Å²) in [4.78, 5) is 13.5. The summed E-state index contributed by atoms with van der Waals surface area (Å²) in [6, 6.07) is 15.0. The number of benzene rings is 2. The van der Waals surface area contributed by atoms with E-state index in [-0.39, 0.29) is 5.97 Å². The second kappa shape index (κ2) is 7.30. The summed E-state index contributed by atoms with van der Waals surface area (Å²) in [5, 5.41) is 9.02. The van der Waals surface area contributed by atoms with Gasteiger partial charge in [-0.2, -0.15) is 5.26 Å². The molecule has 2 rings (SSSR count). The number of halogens is 1. The Labute approximate surface area is 136 Å². The van der Waals surface area contributed by atoms with Crippen molar-refractivity contribution < 1.29 is 9.53 Å². The number of carbonyl (C=O) groups excluding carboxylic acids is 1. The first-order valence-corrected chi connectivity index (χ1v) is 7.89. The van der Waals surface area contributed by atoms with Gasteiger partial charge in [0, 0.05) is 14.3 Å². The number of carbonyl (C=O) groups is 1. The molecule has 2 aromatic rings. The van der Waals surface area contributed by atoms with E-state index in [0.717, 1.165) is 14.3 Å². The highest BCUT2D eigenvalue weighted by Crippen LogP contribution is 2.30. The molecule has 0 unspecified atom stereocenters. The molecule has 0 fully saturated rings. The van der Waals surface area contributed by atoms with Crippen molar-refractivity contribution in [2.45, 2.75) is 16.7 Å². The Morgan fingerprint density at radius 3 is 2.52 bits per heavy atom. The third kappa shape index (κ3) is 4.10. The molecule has 0 heterocycles. The largest absolute Gasteiger partial charge is 0.462 e. The van der Waals surface area contributed by atoms with Gasteiger partial charge in [-0.3, -0.25) is 0 Å². The molecule has 0 aromatic heterocycles. The Balaban J connectivity index is 2.14. The van der Waals surface area contributed by atoms with Gasteiger partial charge < -0.3 is 4.74 Å². The van der Waals surface area contributed by atoms with Crippen LogP contribution in [0.2, 0.25) is 0 Å². The van der Waals surface area contributed by atoms with Crippen molar-refractivity contribution in [3.05, 3.63) is 58.1 Å². The normalized spacial score (nSPS) is 9.95. The summed E-state index contributed by atoms with van der Waals surface area (Å²) in [5.74, 6) is -0.315. The van der Waals surface area contributed by atoms with Crippen LogP contribution in [0.4, 0.5) is 0 Å². The van der Waals surface area contributed by atoms with Crippen LogP contribution in [0.3, 0.4) is 0 Å². The Hall–Kier alpha value is -1.77. The molecule has 0 saturated carbocycles. The number of nitrogens with zero attached hydrogens (tertiary/aromatic N) is 1. The predicted octanol–water partition coefficient (Wildman–Crippen LogP) is 4.65. The number of esters is 1. The Bertz CT molecular complexity index is 692. The average Bonchev–Trinajstić information content (AvgIpc) is 2.50. The van der Waals surface area contributed by atoms with Crippen LogP contribution < -0.4 is 0 Å². The van der Waals surface area contributed by atoms with E-state index in [9.17, 15) is 4.79 Å². The summed E-state index contributed by atoms with van der Waals surface area (Å²) in [6.45, 7) is 2.15. The van der Waals surface area contributed by atoms with Gasteiger partial charge in [0.05, 0.1) is 17.7 Å².